The number of hydrogen-bond acceptors (Lipinski definition) is 4. The van der Waals surface area contributed by atoms with Gasteiger partial charge in [0.25, 0.3) is 0 Å². The van der Waals surface area contributed by atoms with E-state index in [1.54, 1.807) is 4.90 Å². The van der Waals surface area contributed by atoms with Gasteiger partial charge in [0.15, 0.2) is 0 Å². The molecule has 1 aliphatic rings. The van der Waals surface area contributed by atoms with E-state index in [1.807, 2.05) is 6.92 Å². The normalized spacial score (nSPS) is 17.8. The van der Waals surface area contributed by atoms with E-state index in [2.05, 4.69) is 4.90 Å². The van der Waals surface area contributed by atoms with E-state index < -0.39 is 18.0 Å². The van der Waals surface area contributed by atoms with Gasteiger partial charge in [-0.3, -0.25) is 14.5 Å². The first kappa shape index (κ1) is 15.9. The summed E-state index contributed by atoms with van der Waals surface area (Å²) < 4.78 is 0. The molecule has 1 unspecified atom stereocenters. The van der Waals surface area contributed by atoms with E-state index in [0.29, 0.717) is 19.5 Å². The monoisotopic (exact) mass is 272 g/mol. The second-order valence-electron chi connectivity index (χ2n) is 4.99. The van der Waals surface area contributed by atoms with Crippen LogP contribution in [0.3, 0.4) is 0 Å². The predicted molar refractivity (Wildman–Crippen MR) is 71.2 cm³/mol. The molecule has 1 saturated heterocycles. The summed E-state index contributed by atoms with van der Waals surface area (Å²) in [6.07, 6.45) is 2.88. The van der Waals surface area contributed by atoms with Crippen molar-refractivity contribution in [3.63, 3.8) is 0 Å². The Morgan fingerprint density at radius 1 is 1.21 bits per heavy atom. The highest BCUT2D eigenvalue weighted by atomic mass is 16.4. The van der Waals surface area contributed by atoms with E-state index in [-0.39, 0.29) is 6.42 Å². The van der Waals surface area contributed by atoms with E-state index >= 15 is 0 Å². The Morgan fingerprint density at radius 2 is 1.84 bits per heavy atom. The van der Waals surface area contributed by atoms with Gasteiger partial charge in [-0.25, -0.2) is 0 Å². The zero-order chi connectivity index (χ0) is 14.3. The molecule has 0 aromatic heterocycles. The number of carboxylic acids is 2. The summed E-state index contributed by atoms with van der Waals surface area (Å²) in [6, 6.07) is -0.582. The fourth-order valence-corrected chi connectivity index (χ4v) is 2.53. The zero-order valence-electron chi connectivity index (χ0n) is 11.5. The lowest BCUT2D eigenvalue weighted by molar-refractivity contribution is -0.145. The Kier molecular flexibility index (Phi) is 6.80. The van der Waals surface area contributed by atoms with Crippen LogP contribution in [0.4, 0.5) is 0 Å². The Bertz CT molecular complexity index is 303. The summed E-state index contributed by atoms with van der Waals surface area (Å²) in [6.45, 7) is 5.70. The molecule has 110 valence electrons. The molecule has 2 N–H and O–H groups in total. The Labute approximate surface area is 114 Å². The van der Waals surface area contributed by atoms with Crippen molar-refractivity contribution in [2.75, 3.05) is 32.7 Å². The summed E-state index contributed by atoms with van der Waals surface area (Å²) in [5, 5.41) is 17.9. The van der Waals surface area contributed by atoms with Crippen LogP contribution in [0.25, 0.3) is 0 Å². The van der Waals surface area contributed by atoms with E-state index in [4.69, 9.17) is 5.11 Å². The highest BCUT2D eigenvalue weighted by molar-refractivity contribution is 5.73. The third kappa shape index (κ3) is 5.57. The van der Waals surface area contributed by atoms with E-state index in [0.717, 1.165) is 19.6 Å². The van der Waals surface area contributed by atoms with Crippen LogP contribution >= 0.6 is 0 Å². The topological polar surface area (TPSA) is 81.1 Å². The third-order valence-electron chi connectivity index (χ3n) is 3.63. The first-order valence-electron chi connectivity index (χ1n) is 6.95. The standard InChI is InChI=1S/C13H24N2O4/c1-2-11(13(18)19)15(8-5-12(16)17)10-9-14-6-3-4-7-14/h11H,2-10H2,1H3,(H,16,17)(H,18,19). The molecule has 6 nitrogen and oxygen atoms in total. The van der Waals surface area contributed by atoms with Crippen molar-refractivity contribution in [3.05, 3.63) is 0 Å². The van der Waals surface area contributed by atoms with Gasteiger partial charge in [-0.2, -0.15) is 0 Å². The van der Waals surface area contributed by atoms with Gasteiger partial charge in [0.05, 0.1) is 6.42 Å². The minimum absolute atomic E-state index is 0.0101. The molecule has 1 fully saturated rings. The Hall–Kier alpha value is -1.14. The molecule has 1 heterocycles. The number of aliphatic carboxylic acids is 2. The highest BCUT2D eigenvalue weighted by Crippen LogP contribution is 2.10. The fourth-order valence-electron chi connectivity index (χ4n) is 2.53. The predicted octanol–water partition coefficient (Wildman–Crippen LogP) is 0.722. The number of nitrogens with zero attached hydrogens (tertiary/aromatic N) is 2. The van der Waals surface area contributed by atoms with Gasteiger partial charge >= 0.3 is 11.9 Å². The molecular weight excluding hydrogens is 248 g/mol. The number of hydrogen-bond donors (Lipinski definition) is 2. The third-order valence-corrected chi connectivity index (χ3v) is 3.63. The fraction of sp³-hybridized carbons (Fsp3) is 0.846. The van der Waals surface area contributed by atoms with Crippen LogP contribution in [0.2, 0.25) is 0 Å². The Morgan fingerprint density at radius 3 is 2.32 bits per heavy atom. The molecule has 0 aromatic carbocycles. The molecule has 0 amide bonds. The van der Waals surface area contributed by atoms with E-state index in [9.17, 15) is 14.7 Å². The van der Waals surface area contributed by atoms with Crippen molar-refractivity contribution >= 4 is 11.9 Å². The molecule has 0 aliphatic carbocycles. The summed E-state index contributed by atoms with van der Waals surface area (Å²) >= 11 is 0. The number of carboxylic acid groups (broad SMARTS) is 2. The van der Waals surface area contributed by atoms with Gasteiger partial charge in [-0.1, -0.05) is 6.92 Å². The molecule has 1 aliphatic heterocycles. The van der Waals surface area contributed by atoms with Gasteiger partial charge in [0, 0.05) is 19.6 Å². The first-order valence-corrected chi connectivity index (χ1v) is 6.95. The van der Waals surface area contributed by atoms with Gasteiger partial charge in [0.2, 0.25) is 0 Å². The molecule has 0 spiro atoms. The van der Waals surface area contributed by atoms with Crippen molar-refractivity contribution in [2.45, 2.75) is 38.6 Å². The molecule has 0 bridgehead atoms. The average Bonchev–Trinajstić information content (AvgIpc) is 2.85. The molecule has 0 saturated carbocycles. The highest BCUT2D eigenvalue weighted by Gasteiger charge is 2.24. The van der Waals surface area contributed by atoms with Crippen LogP contribution in [0.1, 0.15) is 32.6 Å². The van der Waals surface area contributed by atoms with Crippen molar-refractivity contribution in [2.24, 2.45) is 0 Å². The van der Waals surface area contributed by atoms with Crippen LogP contribution in [0, 0.1) is 0 Å². The molecule has 6 heteroatoms. The summed E-state index contributed by atoms with van der Waals surface area (Å²) in [7, 11) is 0. The smallest absolute Gasteiger partial charge is 0.320 e. The van der Waals surface area contributed by atoms with Crippen molar-refractivity contribution in [3.8, 4) is 0 Å². The summed E-state index contributed by atoms with van der Waals surface area (Å²) in [5.41, 5.74) is 0. The lowest BCUT2D eigenvalue weighted by Crippen LogP contribution is -2.45. The van der Waals surface area contributed by atoms with E-state index in [1.165, 1.54) is 12.8 Å². The van der Waals surface area contributed by atoms with Crippen molar-refractivity contribution < 1.29 is 19.8 Å². The maximum atomic E-state index is 11.2. The summed E-state index contributed by atoms with van der Waals surface area (Å²) in [5.74, 6) is -1.75. The van der Waals surface area contributed by atoms with Crippen LogP contribution in [0.15, 0.2) is 0 Å². The van der Waals surface area contributed by atoms with Crippen LogP contribution < -0.4 is 0 Å². The Balaban J connectivity index is 2.50. The van der Waals surface area contributed by atoms with Crippen LogP contribution in [-0.4, -0.2) is 70.7 Å². The largest absolute Gasteiger partial charge is 0.481 e. The van der Waals surface area contributed by atoms with Gasteiger partial charge in [-0.15, -0.1) is 0 Å². The minimum Gasteiger partial charge on any atom is -0.481 e. The molecule has 1 atom stereocenters. The molecule has 19 heavy (non-hydrogen) atoms. The van der Waals surface area contributed by atoms with Gasteiger partial charge in [0.1, 0.15) is 6.04 Å². The van der Waals surface area contributed by atoms with Crippen LogP contribution in [0.5, 0.6) is 0 Å². The maximum absolute atomic E-state index is 11.2. The van der Waals surface area contributed by atoms with Crippen molar-refractivity contribution in [1.82, 2.24) is 9.80 Å². The summed E-state index contributed by atoms with van der Waals surface area (Å²) in [4.78, 5) is 26.0. The number of carbonyl (C=O) groups is 2. The first-order chi connectivity index (χ1) is 9.04. The maximum Gasteiger partial charge on any atom is 0.320 e. The quantitative estimate of drug-likeness (QED) is 0.644. The zero-order valence-corrected chi connectivity index (χ0v) is 11.5. The van der Waals surface area contributed by atoms with Gasteiger partial charge < -0.3 is 15.1 Å². The second-order valence-corrected chi connectivity index (χ2v) is 4.99. The minimum atomic E-state index is -0.883. The average molecular weight is 272 g/mol. The van der Waals surface area contributed by atoms with Gasteiger partial charge in [-0.05, 0) is 32.4 Å². The second kappa shape index (κ2) is 8.12. The lowest BCUT2D eigenvalue weighted by atomic mass is 10.1. The van der Waals surface area contributed by atoms with Crippen LogP contribution in [-0.2, 0) is 9.59 Å². The lowest BCUT2D eigenvalue weighted by Gasteiger charge is -2.29. The number of likely N-dealkylation sites (tertiary alicyclic amines) is 1. The SMILES string of the molecule is CCC(C(=O)O)N(CCC(=O)O)CCN1CCCC1. The van der Waals surface area contributed by atoms with Crippen molar-refractivity contribution in [1.29, 1.82) is 0 Å². The molecule has 0 radical (unpaired) electrons. The molecular formula is C13H24N2O4. The molecule has 1 rings (SSSR count). The molecule has 0 aromatic rings. The number of rotatable bonds is 9.